The lowest BCUT2D eigenvalue weighted by molar-refractivity contribution is 0.0697. The Bertz CT molecular complexity index is 481. The van der Waals surface area contributed by atoms with Crippen molar-refractivity contribution in [1.29, 1.82) is 0 Å². The molecule has 98 valence electrons. The van der Waals surface area contributed by atoms with Crippen LogP contribution in [0.3, 0.4) is 0 Å². The molecule has 18 heavy (non-hydrogen) atoms. The minimum Gasteiger partial charge on any atom is -0.478 e. The first-order chi connectivity index (χ1) is 8.19. The van der Waals surface area contributed by atoms with Crippen molar-refractivity contribution in [3.05, 3.63) is 29.6 Å². The van der Waals surface area contributed by atoms with Crippen LogP contribution in [-0.2, 0) is 0 Å². The van der Waals surface area contributed by atoms with E-state index in [1.807, 2.05) is 0 Å². The molecule has 6 heteroatoms. The highest BCUT2D eigenvalue weighted by atomic mass is 19.1. The molecule has 5 nitrogen and oxygen atoms in total. The highest BCUT2D eigenvalue weighted by Crippen LogP contribution is 2.17. The summed E-state index contributed by atoms with van der Waals surface area (Å²) in [5.41, 5.74) is -0.697. The molecule has 0 fully saturated rings. The molecule has 0 saturated heterocycles. The van der Waals surface area contributed by atoms with Crippen LogP contribution >= 0.6 is 0 Å². The summed E-state index contributed by atoms with van der Waals surface area (Å²) in [5, 5.41) is 13.9. The van der Waals surface area contributed by atoms with Crippen molar-refractivity contribution in [2.75, 3.05) is 5.32 Å². The van der Waals surface area contributed by atoms with Crippen LogP contribution in [0.5, 0.6) is 0 Å². The highest BCUT2D eigenvalue weighted by Gasteiger charge is 2.17. The third-order valence-electron chi connectivity index (χ3n) is 1.95. The molecule has 0 saturated carbocycles. The van der Waals surface area contributed by atoms with E-state index in [9.17, 15) is 14.0 Å². The van der Waals surface area contributed by atoms with Crippen molar-refractivity contribution in [3.8, 4) is 0 Å². The van der Waals surface area contributed by atoms with Crippen molar-refractivity contribution >= 4 is 17.7 Å². The Morgan fingerprint density at radius 1 is 1.28 bits per heavy atom. The van der Waals surface area contributed by atoms with E-state index in [1.165, 1.54) is 6.07 Å². The molecule has 0 aliphatic heterocycles. The van der Waals surface area contributed by atoms with Crippen LogP contribution < -0.4 is 10.6 Å². The maximum atomic E-state index is 12.9. The third-order valence-corrected chi connectivity index (χ3v) is 1.95. The van der Waals surface area contributed by atoms with Gasteiger partial charge in [-0.3, -0.25) is 0 Å². The third kappa shape index (κ3) is 4.04. The second-order valence-corrected chi connectivity index (χ2v) is 4.82. The van der Waals surface area contributed by atoms with E-state index in [0.29, 0.717) is 0 Å². The zero-order valence-electron chi connectivity index (χ0n) is 10.4. The van der Waals surface area contributed by atoms with Crippen molar-refractivity contribution in [3.63, 3.8) is 0 Å². The van der Waals surface area contributed by atoms with Crippen LogP contribution in [0.2, 0.25) is 0 Å². The van der Waals surface area contributed by atoms with Gasteiger partial charge in [0.2, 0.25) is 0 Å². The normalized spacial score (nSPS) is 10.9. The lowest BCUT2D eigenvalue weighted by atomic mass is 10.1. The van der Waals surface area contributed by atoms with Crippen LogP contribution in [0.4, 0.5) is 14.9 Å². The molecule has 1 rings (SSSR count). The second-order valence-electron chi connectivity index (χ2n) is 4.82. The largest absolute Gasteiger partial charge is 0.478 e. The summed E-state index contributed by atoms with van der Waals surface area (Å²) in [5.74, 6) is -1.98. The smallest absolute Gasteiger partial charge is 0.337 e. The Morgan fingerprint density at radius 2 is 1.89 bits per heavy atom. The summed E-state index contributed by atoms with van der Waals surface area (Å²) in [6, 6.07) is 2.60. The predicted octanol–water partition coefficient (Wildman–Crippen LogP) is 2.44. The fourth-order valence-corrected chi connectivity index (χ4v) is 1.30. The molecule has 0 unspecified atom stereocenters. The molecule has 0 aliphatic rings. The van der Waals surface area contributed by atoms with E-state index >= 15 is 0 Å². The van der Waals surface area contributed by atoms with Gasteiger partial charge in [0.15, 0.2) is 0 Å². The first-order valence-corrected chi connectivity index (χ1v) is 5.31. The van der Waals surface area contributed by atoms with Gasteiger partial charge in [0.1, 0.15) is 5.82 Å². The van der Waals surface area contributed by atoms with Gasteiger partial charge in [-0.1, -0.05) is 0 Å². The molecule has 1 aromatic rings. The van der Waals surface area contributed by atoms with E-state index in [-0.39, 0.29) is 11.3 Å². The minimum atomic E-state index is -1.31. The SMILES string of the molecule is CC(C)(C)NC(=O)Nc1ccc(F)cc1C(=O)O. The summed E-state index contributed by atoms with van der Waals surface area (Å²) < 4.78 is 12.9. The lowest BCUT2D eigenvalue weighted by Gasteiger charge is -2.21. The number of nitrogens with one attached hydrogen (secondary N) is 2. The molecule has 0 bridgehead atoms. The number of carbonyl (C=O) groups is 2. The maximum Gasteiger partial charge on any atom is 0.337 e. The Hall–Kier alpha value is -2.11. The number of hydrogen-bond acceptors (Lipinski definition) is 2. The standard InChI is InChI=1S/C12H15FN2O3/c1-12(2,3)15-11(18)14-9-5-4-7(13)6-8(9)10(16)17/h4-6H,1-3H3,(H,16,17)(H2,14,15,18). The first kappa shape index (κ1) is 14.0. The number of anilines is 1. The van der Waals surface area contributed by atoms with Crippen molar-refractivity contribution in [1.82, 2.24) is 5.32 Å². The van der Waals surface area contributed by atoms with E-state index in [4.69, 9.17) is 5.11 Å². The Labute approximate surface area is 104 Å². The molecule has 0 atom stereocenters. The lowest BCUT2D eigenvalue weighted by Crippen LogP contribution is -2.43. The van der Waals surface area contributed by atoms with E-state index in [1.54, 1.807) is 20.8 Å². The van der Waals surface area contributed by atoms with Crippen LogP contribution in [0, 0.1) is 5.82 Å². The van der Waals surface area contributed by atoms with Gasteiger partial charge in [-0.2, -0.15) is 0 Å². The summed E-state index contributed by atoms with van der Waals surface area (Å²) in [6.07, 6.45) is 0. The first-order valence-electron chi connectivity index (χ1n) is 5.31. The Morgan fingerprint density at radius 3 is 2.39 bits per heavy atom. The van der Waals surface area contributed by atoms with Crippen LogP contribution in [-0.4, -0.2) is 22.6 Å². The number of halogens is 1. The molecule has 1 aromatic carbocycles. The number of aromatic carboxylic acids is 1. The molecule has 0 aromatic heterocycles. The van der Waals surface area contributed by atoms with Crippen LogP contribution in [0.1, 0.15) is 31.1 Å². The second kappa shape index (κ2) is 5.03. The molecular weight excluding hydrogens is 239 g/mol. The quantitative estimate of drug-likeness (QED) is 0.758. The Balaban J connectivity index is 2.91. The van der Waals surface area contributed by atoms with Gasteiger partial charge in [-0.25, -0.2) is 14.0 Å². The molecule has 0 spiro atoms. The summed E-state index contributed by atoms with van der Waals surface area (Å²) in [6.45, 7) is 5.36. The number of rotatable bonds is 2. The van der Waals surface area contributed by atoms with Crippen LogP contribution in [0.25, 0.3) is 0 Å². The van der Waals surface area contributed by atoms with Gasteiger partial charge in [0.25, 0.3) is 0 Å². The van der Waals surface area contributed by atoms with E-state index in [0.717, 1.165) is 12.1 Å². The van der Waals surface area contributed by atoms with Gasteiger partial charge in [0, 0.05) is 5.54 Å². The fraction of sp³-hybridized carbons (Fsp3) is 0.333. The topological polar surface area (TPSA) is 78.4 Å². The molecule has 0 radical (unpaired) electrons. The number of carbonyl (C=O) groups excluding carboxylic acids is 1. The van der Waals surface area contributed by atoms with Gasteiger partial charge in [0.05, 0.1) is 11.3 Å². The van der Waals surface area contributed by atoms with E-state index < -0.39 is 23.4 Å². The number of carboxylic acid groups (broad SMARTS) is 1. The average Bonchev–Trinajstić information content (AvgIpc) is 2.17. The monoisotopic (exact) mass is 254 g/mol. The zero-order chi connectivity index (χ0) is 13.9. The van der Waals surface area contributed by atoms with Crippen molar-refractivity contribution < 1.29 is 19.1 Å². The molecule has 0 aliphatic carbocycles. The van der Waals surface area contributed by atoms with Gasteiger partial charge in [-0.15, -0.1) is 0 Å². The summed E-state index contributed by atoms with van der Waals surface area (Å²) in [7, 11) is 0. The zero-order valence-corrected chi connectivity index (χ0v) is 10.4. The van der Waals surface area contributed by atoms with Crippen molar-refractivity contribution in [2.45, 2.75) is 26.3 Å². The number of carboxylic acids is 1. The van der Waals surface area contributed by atoms with Gasteiger partial charge in [-0.05, 0) is 39.0 Å². The van der Waals surface area contributed by atoms with E-state index in [2.05, 4.69) is 10.6 Å². The summed E-state index contributed by atoms with van der Waals surface area (Å²) >= 11 is 0. The highest BCUT2D eigenvalue weighted by molar-refractivity contribution is 6.00. The maximum absolute atomic E-state index is 12.9. The van der Waals surface area contributed by atoms with Gasteiger partial charge < -0.3 is 15.7 Å². The number of benzene rings is 1. The fourth-order valence-electron chi connectivity index (χ4n) is 1.30. The minimum absolute atomic E-state index is 0.0469. The number of amides is 2. The summed E-state index contributed by atoms with van der Waals surface area (Å²) in [4.78, 5) is 22.5. The number of hydrogen-bond donors (Lipinski definition) is 3. The molecule has 3 N–H and O–H groups in total. The van der Waals surface area contributed by atoms with Crippen molar-refractivity contribution in [2.24, 2.45) is 0 Å². The molecule has 2 amide bonds. The number of urea groups is 1. The average molecular weight is 254 g/mol. The predicted molar refractivity (Wildman–Crippen MR) is 65.3 cm³/mol. The molecular formula is C12H15FN2O3. The van der Waals surface area contributed by atoms with Crippen LogP contribution in [0.15, 0.2) is 18.2 Å². The van der Waals surface area contributed by atoms with Gasteiger partial charge >= 0.3 is 12.0 Å². The molecule has 0 heterocycles. The Kier molecular flexibility index (Phi) is 3.90.